The van der Waals surface area contributed by atoms with Gasteiger partial charge >= 0.3 is 0 Å². The van der Waals surface area contributed by atoms with Crippen LogP contribution in [0, 0.1) is 0 Å². The molecule has 6 heteroatoms. The van der Waals surface area contributed by atoms with E-state index in [2.05, 4.69) is 14.8 Å². The maximum Gasteiger partial charge on any atom is 0.227 e. The van der Waals surface area contributed by atoms with E-state index < -0.39 is 0 Å². The van der Waals surface area contributed by atoms with Gasteiger partial charge in [0.1, 0.15) is 5.82 Å². The fourth-order valence-corrected chi connectivity index (χ4v) is 3.19. The quantitative estimate of drug-likeness (QED) is 0.829. The molecule has 0 bridgehead atoms. The van der Waals surface area contributed by atoms with Crippen LogP contribution in [0.25, 0.3) is 0 Å². The van der Waals surface area contributed by atoms with Gasteiger partial charge in [0.2, 0.25) is 11.9 Å². The second-order valence-electron chi connectivity index (χ2n) is 6.11. The van der Waals surface area contributed by atoms with Crippen LogP contribution in [0.15, 0.2) is 12.3 Å². The van der Waals surface area contributed by atoms with Gasteiger partial charge in [0.25, 0.3) is 0 Å². The lowest BCUT2D eigenvalue weighted by Crippen LogP contribution is -2.48. The second kappa shape index (κ2) is 6.94. The number of piperazine rings is 1. The number of aromatic nitrogens is 2. The zero-order valence-electron chi connectivity index (χ0n) is 13.4. The van der Waals surface area contributed by atoms with Gasteiger partial charge in [-0.05, 0) is 18.9 Å². The highest BCUT2D eigenvalue weighted by atomic mass is 16.2. The van der Waals surface area contributed by atoms with Crippen molar-refractivity contribution in [1.82, 2.24) is 14.9 Å². The molecule has 0 atom stereocenters. The molecule has 1 aromatic heterocycles. The maximum absolute atomic E-state index is 11.4. The second-order valence-corrected chi connectivity index (χ2v) is 6.11. The number of anilines is 2. The Morgan fingerprint density at radius 1 is 0.955 bits per heavy atom. The van der Waals surface area contributed by atoms with Crippen LogP contribution in [0.2, 0.25) is 0 Å². The third-order valence-corrected chi connectivity index (χ3v) is 4.57. The first kappa shape index (κ1) is 15.1. The van der Waals surface area contributed by atoms with E-state index >= 15 is 0 Å². The zero-order valence-corrected chi connectivity index (χ0v) is 13.4. The van der Waals surface area contributed by atoms with Crippen molar-refractivity contribution in [1.29, 1.82) is 0 Å². The fraction of sp³-hybridized carbons (Fsp3) is 0.688. The van der Waals surface area contributed by atoms with E-state index in [1.807, 2.05) is 17.2 Å². The average molecular weight is 303 g/mol. The molecular formula is C16H25N5O. The van der Waals surface area contributed by atoms with Gasteiger partial charge < -0.3 is 14.7 Å². The molecule has 3 heterocycles. The molecule has 1 amide bonds. The van der Waals surface area contributed by atoms with Gasteiger partial charge in [0, 0.05) is 52.4 Å². The van der Waals surface area contributed by atoms with Crippen LogP contribution in [0.1, 0.15) is 32.6 Å². The molecule has 2 aliphatic heterocycles. The van der Waals surface area contributed by atoms with Crippen LogP contribution >= 0.6 is 0 Å². The molecule has 2 aliphatic rings. The van der Waals surface area contributed by atoms with Crippen molar-refractivity contribution in [3.05, 3.63) is 12.3 Å². The smallest absolute Gasteiger partial charge is 0.227 e. The van der Waals surface area contributed by atoms with Gasteiger partial charge in [0.05, 0.1) is 0 Å². The van der Waals surface area contributed by atoms with Crippen LogP contribution in [0.4, 0.5) is 11.8 Å². The molecular weight excluding hydrogens is 278 g/mol. The fourth-order valence-electron chi connectivity index (χ4n) is 3.19. The van der Waals surface area contributed by atoms with E-state index in [4.69, 9.17) is 4.98 Å². The first-order chi connectivity index (χ1) is 10.7. The molecule has 0 N–H and O–H groups in total. The van der Waals surface area contributed by atoms with E-state index in [9.17, 15) is 4.79 Å². The molecule has 2 fully saturated rings. The molecule has 0 unspecified atom stereocenters. The highest BCUT2D eigenvalue weighted by molar-refractivity contribution is 5.73. The molecule has 3 rings (SSSR count). The van der Waals surface area contributed by atoms with Crippen LogP contribution in [-0.2, 0) is 4.79 Å². The number of carbonyl (C=O) groups excluding carboxylic acids is 1. The summed E-state index contributed by atoms with van der Waals surface area (Å²) in [6, 6.07) is 1.98. The highest BCUT2D eigenvalue weighted by Crippen LogP contribution is 2.19. The predicted octanol–water partition coefficient (Wildman–Crippen LogP) is 1.53. The van der Waals surface area contributed by atoms with Crippen molar-refractivity contribution in [3.63, 3.8) is 0 Å². The molecule has 1 aromatic rings. The SMILES string of the molecule is CC(=O)N1CCN(c2ccnc(N3CCCCCC3)n2)CC1. The van der Waals surface area contributed by atoms with Crippen LogP contribution < -0.4 is 9.80 Å². The summed E-state index contributed by atoms with van der Waals surface area (Å²) >= 11 is 0. The standard InChI is InChI=1S/C16H25N5O/c1-14(22)19-10-12-20(13-11-19)15-6-7-17-16(18-15)21-8-4-2-3-5-9-21/h6-7H,2-5,8-13H2,1H3. The van der Waals surface area contributed by atoms with E-state index in [0.717, 1.165) is 51.0 Å². The van der Waals surface area contributed by atoms with E-state index in [1.54, 1.807) is 6.92 Å². The number of rotatable bonds is 2. The summed E-state index contributed by atoms with van der Waals surface area (Å²) in [5, 5.41) is 0. The Bertz CT molecular complexity index is 505. The van der Waals surface area contributed by atoms with Gasteiger partial charge in [-0.1, -0.05) is 12.8 Å². The largest absolute Gasteiger partial charge is 0.353 e. The number of nitrogens with zero attached hydrogens (tertiary/aromatic N) is 5. The Labute approximate surface area is 132 Å². The zero-order chi connectivity index (χ0) is 15.4. The van der Waals surface area contributed by atoms with Crippen molar-refractivity contribution in [3.8, 4) is 0 Å². The number of hydrogen-bond donors (Lipinski definition) is 0. The summed E-state index contributed by atoms with van der Waals surface area (Å²) in [4.78, 5) is 27.1. The lowest BCUT2D eigenvalue weighted by atomic mass is 10.2. The number of amides is 1. The summed E-state index contributed by atoms with van der Waals surface area (Å²) in [5.41, 5.74) is 0. The molecule has 0 radical (unpaired) electrons. The Morgan fingerprint density at radius 2 is 1.64 bits per heavy atom. The van der Waals surface area contributed by atoms with Gasteiger partial charge in [0.15, 0.2) is 0 Å². The van der Waals surface area contributed by atoms with Gasteiger partial charge in [-0.3, -0.25) is 4.79 Å². The molecule has 120 valence electrons. The van der Waals surface area contributed by atoms with E-state index in [1.165, 1.54) is 25.7 Å². The van der Waals surface area contributed by atoms with Crippen LogP contribution in [0.5, 0.6) is 0 Å². The predicted molar refractivity (Wildman–Crippen MR) is 87.2 cm³/mol. The summed E-state index contributed by atoms with van der Waals surface area (Å²) in [5.74, 6) is 2.00. The summed E-state index contributed by atoms with van der Waals surface area (Å²) in [7, 11) is 0. The molecule has 22 heavy (non-hydrogen) atoms. The van der Waals surface area contributed by atoms with E-state index in [0.29, 0.717) is 0 Å². The van der Waals surface area contributed by atoms with Crippen molar-refractivity contribution in [2.45, 2.75) is 32.6 Å². The minimum absolute atomic E-state index is 0.160. The summed E-state index contributed by atoms with van der Waals surface area (Å²) in [6.07, 6.45) is 6.93. The Hall–Kier alpha value is -1.85. The van der Waals surface area contributed by atoms with Crippen molar-refractivity contribution in [2.75, 3.05) is 49.1 Å². The molecule has 2 saturated heterocycles. The van der Waals surface area contributed by atoms with Crippen molar-refractivity contribution < 1.29 is 4.79 Å². The topological polar surface area (TPSA) is 52.6 Å². The van der Waals surface area contributed by atoms with Crippen molar-refractivity contribution in [2.24, 2.45) is 0 Å². The molecule has 0 aliphatic carbocycles. The number of carbonyl (C=O) groups is 1. The first-order valence-corrected chi connectivity index (χ1v) is 8.32. The molecule has 0 saturated carbocycles. The maximum atomic E-state index is 11.4. The summed E-state index contributed by atoms with van der Waals surface area (Å²) in [6.45, 7) is 6.99. The minimum Gasteiger partial charge on any atom is -0.353 e. The Morgan fingerprint density at radius 3 is 2.27 bits per heavy atom. The minimum atomic E-state index is 0.160. The molecule has 0 aromatic carbocycles. The lowest BCUT2D eigenvalue weighted by molar-refractivity contribution is -0.129. The normalized spacial score (nSPS) is 20.0. The van der Waals surface area contributed by atoms with Crippen LogP contribution in [0.3, 0.4) is 0 Å². The molecule has 6 nitrogen and oxygen atoms in total. The van der Waals surface area contributed by atoms with Crippen LogP contribution in [-0.4, -0.2) is 60.0 Å². The van der Waals surface area contributed by atoms with Gasteiger partial charge in [-0.25, -0.2) is 4.98 Å². The Kier molecular flexibility index (Phi) is 4.75. The third kappa shape index (κ3) is 3.48. The highest BCUT2D eigenvalue weighted by Gasteiger charge is 2.20. The summed E-state index contributed by atoms with van der Waals surface area (Å²) < 4.78 is 0. The van der Waals surface area contributed by atoms with Gasteiger partial charge in [-0.15, -0.1) is 0 Å². The van der Waals surface area contributed by atoms with E-state index in [-0.39, 0.29) is 5.91 Å². The average Bonchev–Trinajstić information content (AvgIpc) is 2.84. The van der Waals surface area contributed by atoms with Gasteiger partial charge in [-0.2, -0.15) is 4.98 Å². The van der Waals surface area contributed by atoms with Crippen molar-refractivity contribution >= 4 is 17.7 Å². The lowest BCUT2D eigenvalue weighted by Gasteiger charge is -2.35. The Balaban J connectivity index is 1.67. The first-order valence-electron chi connectivity index (χ1n) is 8.32. The monoisotopic (exact) mass is 303 g/mol. The number of hydrogen-bond acceptors (Lipinski definition) is 5. The molecule has 0 spiro atoms. The third-order valence-electron chi connectivity index (χ3n) is 4.57.